The maximum Gasteiger partial charge on any atom is 0.282 e. The topological polar surface area (TPSA) is 30.2 Å². The number of halogens is 3. The maximum atomic E-state index is 12.5. The van der Waals surface area contributed by atoms with Crippen LogP contribution in [0.25, 0.3) is 0 Å². The third-order valence-corrected chi connectivity index (χ3v) is 1.97. The summed E-state index contributed by atoms with van der Waals surface area (Å²) < 4.78 is 26.1. The molecule has 82 valence electrons. The summed E-state index contributed by atoms with van der Waals surface area (Å²) in [5.74, 6) is 0.435. The number of rotatable bonds is 4. The molecular formula is C9H10ClF2N3. The summed E-state index contributed by atoms with van der Waals surface area (Å²) in [5.41, 5.74) is -0.271. The SMILES string of the molecule is C=C/C(Cl)=N\n1c(C(F)F)cnc1CC. The van der Waals surface area contributed by atoms with Crippen LogP contribution in [0, 0.1) is 0 Å². The van der Waals surface area contributed by atoms with Gasteiger partial charge in [0.25, 0.3) is 6.43 Å². The van der Waals surface area contributed by atoms with Crippen molar-refractivity contribution in [2.24, 2.45) is 5.10 Å². The van der Waals surface area contributed by atoms with Gasteiger partial charge in [-0.1, -0.05) is 25.1 Å². The predicted octanol–water partition coefficient (Wildman–Crippen LogP) is 2.97. The zero-order valence-corrected chi connectivity index (χ0v) is 8.88. The molecule has 0 radical (unpaired) electrons. The minimum Gasteiger partial charge on any atom is -0.239 e. The first-order valence-electron chi connectivity index (χ1n) is 4.31. The van der Waals surface area contributed by atoms with Crippen molar-refractivity contribution in [3.05, 3.63) is 30.4 Å². The Balaban J connectivity index is 3.22. The second kappa shape index (κ2) is 5.02. The summed E-state index contributed by atoms with van der Waals surface area (Å²) in [6.45, 7) is 5.18. The Kier molecular flexibility index (Phi) is 3.96. The Morgan fingerprint density at radius 1 is 1.80 bits per heavy atom. The highest BCUT2D eigenvalue weighted by molar-refractivity contribution is 6.68. The molecule has 0 N–H and O–H groups in total. The van der Waals surface area contributed by atoms with Gasteiger partial charge in [0.05, 0.1) is 6.20 Å². The number of alkyl halides is 2. The first-order valence-corrected chi connectivity index (χ1v) is 4.69. The summed E-state index contributed by atoms with van der Waals surface area (Å²) in [6.07, 6.45) is 0.240. The molecule has 0 spiro atoms. The van der Waals surface area contributed by atoms with Crippen molar-refractivity contribution in [1.29, 1.82) is 0 Å². The van der Waals surface area contributed by atoms with Crippen LogP contribution in [0.5, 0.6) is 0 Å². The second-order valence-electron chi connectivity index (χ2n) is 2.69. The fourth-order valence-corrected chi connectivity index (χ4v) is 1.12. The van der Waals surface area contributed by atoms with E-state index in [4.69, 9.17) is 11.6 Å². The molecule has 0 aliphatic rings. The van der Waals surface area contributed by atoms with Gasteiger partial charge in [0.2, 0.25) is 0 Å². The second-order valence-corrected chi connectivity index (χ2v) is 3.08. The number of allylic oxidation sites excluding steroid dienone is 1. The number of hydrogen-bond acceptors (Lipinski definition) is 2. The normalized spacial score (nSPS) is 12.2. The molecule has 0 aliphatic carbocycles. The van der Waals surface area contributed by atoms with Gasteiger partial charge in [-0.25, -0.2) is 18.4 Å². The minimum atomic E-state index is -2.63. The summed E-state index contributed by atoms with van der Waals surface area (Å²) in [4.78, 5) is 3.83. The van der Waals surface area contributed by atoms with Gasteiger partial charge in [0, 0.05) is 6.42 Å². The molecule has 0 fully saturated rings. The standard InChI is InChI=1S/C9H10ClF2N3/c1-3-7(10)14-15-6(9(11)12)5-13-8(15)4-2/h3,5,9H,1,4H2,2H3/b14-7+. The smallest absolute Gasteiger partial charge is 0.239 e. The predicted molar refractivity (Wildman–Crippen MR) is 55.4 cm³/mol. The molecular weight excluding hydrogens is 224 g/mol. The van der Waals surface area contributed by atoms with Gasteiger partial charge in [-0.3, -0.25) is 0 Å². The lowest BCUT2D eigenvalue weighted by Crippen LogP contribution is -2.03. The highest BCUT2D eigenvalue weighted by Gasteiger charge is 2.16. The van der Waals surface area contributed by atoms with E-state index in [-0.39, 0.29) is 10.9 Å². The molecule has 0 amide bonds. The van der Waals surface area contributed by atoms with Crippen LogP contribution >= 0.6 is 11.6 Å². The van der Waals surface area contributed by atoms with Crippen molar-refractivity contribution in [3.63, 3.8) is 0 Å². The number of hydrogen-bond donors (Lipinski definition) is 0. The van der Waals surface area contributed by atoms with Crippen molar-refractivity contribution in [1.82, 2.24) is 9.66 Å². The number of aryl methyl sites for hydroxylation is 1. The van der Waals surface area contributed by atoms with Crippen LogP contribution in [0.4, 0.5) is 8.78 Å². The highest BCUT2D eigenvalue weighted by Crippen LogP contribution is 2.20. The van der Waals surface area contributed by atoms with Crippen molar-refractivity contribution >= 4 is 16.8 Å². The van der Waals surface area contributed by atoms with Crippen LogP contribution in [-0.4, -0.2) is 14.8 Å². The molecule has 0 saturated carbocycles. The Morgan fingerprint density at radius 2 is 2.47 bits per heavy atom. The zero-order chi connectivity index (χ0) is 11.4. The summed E-state index contributed by atoms with van der Waals surface area (Å²) in [7, 11) is 0. The van der Waals surface area contributed by atoms with E-state index in [2.05, 4.69) is 16.7 Å². The van der Waals surface area contributed by atoms with Gasteiger partial charge in [0.1, 0.15) is 16.7 Å². The minimum absolute atomic E-state index is 0.0459. The Hall–Kier alpha value is -1.23. The monoisotopic (exact) mass is 233 g/mol. The summed E-state index contributed by atoms with van der Waals surface area (Å²) in [5, 5.41) is 3.81. The molecule has 0 saturated heterocycles. The maximum absolute atomic E-state index is 12.5. The van der Waals surface area contributed by atoms with Gasteiger partial charge in [0.15, 0.2) is 0 Å². The molecule has 1 heterocycles. The molecule has 3 nitrogen and oxygen atoms in total. The van der Waals surface area contributed by atoms with Crippen molar-refractivity contribution < 1.29 is 8.78 Å². The van der Waals surface area contributed by atoms with Gasteiger partial charge in [-0.05, 0) is 6.08 Å². The van der Waals surface area contributed by atoms with Crippen molar-refractivity contribution in [2.45, 2.75) is 19.8 Å². The largest absolute Gasteiger partial charge is 0.282 e. The van der Waals surface area contributed by atoms with Crippen molar-refractivity contribution in [3.8, 4) is 0 Å². The molecule has 0 aliphatic heterocycles. The van der Waals surface area contributed by atoms with Crippen LogP contribution in [-0.2, 0) is 6.42 Å². The first-order chi connectivity index (χ1) is 7.10. The van der Waals surface area contributed by atoms with Gasteiger partial charge >= 0.3 is 0 Å². The molecule has 0 atom stereocenters. The third-order valence-electron chi connectivity index (χ3n) is 1.74. The van der Waals surface area contributed by atoms with Crippen LogP contribution in [0.2, 0.25) is 0 Å². The average molecular weight is 234 g/mol. The lowest BCUT2D eigenvalue weighted by molar-refractivity contribution is 0.141. The van der Waals surface area contributed by atoms with Crippen LogP contribution < -0.4 is 0 Å². The van der Waals surface area contributed by atoms with Crippen LogP contribution in [0.1, 0.15) is 24.9 Å². The fourth-order valence-electron chi connectivity index (χ4n) is 1.04. The third kappa shape index (κ3) is 2.62. The average Bonchev–Trinajstić information content (AvgIpc) is 2.60. The highest BCUT2D eigenvalue weighted by atomic mass is 35.5. The van der Waals surface area contributed by atoms with E-state index in [1.165, 1.54) is 6.08 Å². The van der Waals surface area contributed by atoms with E-state index in [1.807, 2.05) is 0 Å². The van der Waals surface area contributed by atoms with E-state index in [0.29, 0.717) is 12.2 Å². The Bertz CT molecular complexity index is 385. The molecule has 0 aromatic carbocycles. The Morgan fingerprint density at radius 3 is 2.93 bits per heavy atom. The lowest BCUT2D eigenvalue weighted by atomic mass is 10.4. The number of aromatic nitrogens is 2. The van der Waals surface area contributed by atoms with E-state index in [1.54, 1.807) is 6.92 Å². The first kappa shape index (κ1) is 11.8. The molecule has 0 unspecified atom stereocenters. The summed E-state index contributed by atoms with van der Waals surface area (Å²) >= 11 is 5.60. The van der Waals surface area contributed by atoms with Crippen molar-refractivity contribution in [2.75, 3.05) is 0 Å². The quantitative estimate of drug-likeness (QED) is 0.736. The van der Waals surface area contributed by atoms with Gasteiger partial charge < -0.3 is 0 Å². The molecule has 0 bridgehead atoms. The van der Waals surface area contributed by atoms with E-state index >= 15 is 0 Å². The van der Waals surface area contributed by atoms with Crippen LogP contribution in [0.3, 0.4) is 0 Å². The van der Waals surface area contributed by atoms with E-state index < -0.39 is 6.43 Å². The van der Waals surface area contributed by atoms with Crippen LogP contribution in [0.15, 0.2) is 24.0 Å². The fraction of sp³-hybridized carbons (Fsp3) is 0.333. The number of imidazole rings is 1. The Labute approximate surface area is 91.1 Å². The van der Waals surface area contributed by atoms with Gasteiger partial charge in [-0.2, -0.15) is 5.10 Å². The van der Waals surface area contributed by atoms with E-state index in [9.17, 15) is 8.78 Å². The lowest BCUT2D eigenvalue weighted by Gasteiger charge is -2.04. The zero-order valence-electron chi connectivity index (χ0n) is 8.12. The molecule has 15 heavy (non-hydrogen) atoms. The summed E-state index contributed by atoms with van der Waals surface area (Å²) in [6, 6.07) is 0. The molecule has 6 heteroatoms. The van der Waals surface area contributed by atoms with Gasteiger partial charge in [-0.15, -0.1) is 0 Å². The molecule has 1 rings (SSSR count). The number of nitrogens with zero attached hydrogens (tertiary/aromatic N) is 3. The molecule has 1 aromatic rings. The molecule has 1 aromatic heterocycles. The van der Waals surface area contributed by atoms with E-state index in [0.717, 1.165) is 10.9 Å².